The van der Waals surface area contributed by atoms with Crippen LogP contribution in [-0.4, -0.2) is 28.6 Å². The van der Waals surface area contributed by atoms with Crippen molar-refractivity contribution in [2.45, 2.75) is 112 Å². The SMILES string of the molecule is CC1(C)CC[C@]2(NC(=O)OCc3ccccc3)CC[C@]3(C)C(C(=O)C=C4[C@@]5(C)C=C(C#N)C(O)C(C)(C)[C@@H]5CC[C@]43C)C2C1. The predicted octanol–water partition coefficient (Wildman–Crippen LogP) is 7.68. The van der Waals surface area contributed by atoms with Crippen LogP contribution in [0.3, 0.4) is 0 Å². The fraction of sp³-hybridized carbons (Fsp3) is 0.658. The number of benzene rings is 1. The summed E-state index contributed by atoms with van der Waals surface area (Å²) in [6, 6.07) is 12.0. The van der Waals surface area contributed by atoms with Gasteiger partial charge in [0.15, 0.2) is 5.78 Å². The van der Waals surface area contributed by atoms with Crippen molar-refractivity contribution in [3.8, 4) is 6.07 Å². The van der Waals surface area contributed by atoms with Crippen molar-refractivity contribution in [2.75, 3.05) is 0 Å². The number of ether oxygens (including phenoxy) is 1. The average Bonchev–Trinajstić information content (AvgIpc) is 2.96. The Morgan fingerprint density at radius 2 is 1.70 bits per heavy atom. The number of ketones is 1. The van der Waals surface area contributed by atoms with E-state index in [0.29, 0.717) is 5.57 Å². The third-order valence-corrected chi connectivity index (χ3v) is 13.6. The number of nitrogens with zero attached hydrogens (tertiary/aromatic N) is 1. The van der Waals surface area contributed by atoms with Crippen LogP contribution in [0.4, 0.5) is 4.79 Å². The van der Waals surface area contributed by atoms with E-state index in [1.54, 1.807) is 0 Å². The minimum atomic E-state index is -0.814. The van der Waals surface area contributed by atoms with Crippen molar-refractivity contribution < 1.29 is 19.4 Å². The zero-order valence-electron chi connectivity index (χ0n) is 27.6. The second-order valence-corrected chi connectivity index (χ2v) is 16.8. The number of amides is 1. The van der Waals surface area contributed by atoms with E-state index in [9.17, 15) is 20.0 Å². The standard InChI is InChI=1S/C38H50N2O4/c1-33(2)15-17-38(40-32(43)44-23-24-11-9-8-10-12-24)18-16-37(7)30(26(38)21-33)27(41)19-29-35(5)20-25(22-39)31(42)34(3,4)28(35)13-14-36(29,37)6/h8-12,19-20,26,28,30-31,42H,13-18,21,23H2,1-7H3,(H,40,43)/t26?,28-,30?,31?,35-,36+,37+,38-/m0/s1. The first kappa shape index (κ1) is 31.1. The number of fused-ring (bicyclic) bond motifs is 7. The Balaban J connectivity index is 1.39. The van der Waals surface area contributed by atoms with Gasteiger partial charge in [0.1, 0.15) is 6.61 Å². The van der Waals surface area contributed by atoms with Crippen LogP contribution in [0.2, 0.25) is 0 Å². The summed E-state index contributed by atoms with van der Waals surface area (Å²) in [6.07, 6.45) is 8.90. The number of allylic oxidation sites excluding steroid dienone is 3. The van der Waals surface area contributed by atoms with Gasteiger partial charge in [-0.3, -0.25) is 4.79 Å². The van der Waals surface area contributed by atoms with Crippen molar-refractivity contribution in [3.05, 3.63) is 59.2 Å². The highest BCUT2D eigenvalue weighted by Gasteiger charge is 2.70. The van der Waals surface area contributed by atoms with Gasteiger partial charge < -0.3 is 15.2 Å². The molecule has 0 spiro atoms. The van der Waals surface area contributed by atoms with Gasteiger partial charge in [-0.1, -0.05) is 90.4 Å². The maximum absolute atomic E-state index is 14.7. The van der Waals surface area contributed by atoms with Gasteiger partial charge in [0.05, 0.1) is 17.7 Å². The molecule has 1 aromatic carbocycles. The molecular formula is C38H50N2O4. The number of hydrogen-bond donors (Lipinski definition) is 2. The smallest absolute Gasteiger partial charge is 0.407 e. The van der Waals surface area contributed by atoms with E-state index in [0.717, 1.165) is 56.1 Å². The molecular weight excluding hydrogens is 548 g/mol. The average molecular weight is 599 g/mol. The molecule has 0 saturated heterocycles. The number of carbonyl (C=O) groups is 2. The number of carbonyl (C=O) groups excluding carboxylic acids is 2. The molecule has 3 unspecified atom stereocenters. The summed E-state index contributed by atoms with van der Waals surface area (Å²) in [5.41, 5.74) is 0.516. The molecule has 0 radical (unpaired) electrons. The molecule has 6 heteroatoms. The Bertz CT molecular complexity index is 1470. The summed E-state index contributed by atoms with van der Waals surface area (Å²) in [6.45, 7) is 15.8. The second kappa shape index (κ2) is 10.0. The van der Waals surface area contributed by atoms with E-state index in [1.807, 2.05) is 42.5 Å². The minimum absolute atomic E-state index is 0.00300. The molecule has 0 aromatic heterocycles. The monoisotopic (exact) mass is 598 g/mol. The van der Waals surface area contributed by atoms with Crippen LogP contribution >= 0.6 is 0 Å². The lowest BCUT2D eigenvalue weighted by atomic mass is 9.35. The molecule has 1 amide bonds. The third-order valence-electron chi connectivity index (χ3n) is 13.6. The number of hydrogen-bond acceptors (Lipinski definition) is 5. The van der Waals surface area contributed by atoms with Gasteiger partial charge in [-0.15, -0.1) is 0 Å². The highest BCUT2D eigenvalue weighted by molar-refractivity contribution is 5.95. The molecule has 5 aliphatic rings. The Kier molecular flexibility index (Phi) is 7.10. The van der Waals surface area contributed by atoms with Gasteiger partial charge >= 0.3 is 6.09 Å². The van der Waals surface area contributed by atoms with Crippen molar-refractivity contribution in [2.24, 2.45) is 44.8 Å². The number of aliphatic hydroxyl groups excluding tert-OH is 1. The summed E-state index contributed by atoms with van der Waals surface area (Å²) < 4.78 is 5.74. The Morgan fingerprint density at radius 3 is 2.39 bits per heavy atom. The molecule has 0 bridgehead atoms. The van der Waals surface area contributed by atoms with E-state index in [1.165, 1.54) is 0 Å². The molecule has 5 aliphatic carbocycles. The predicted molar refractivity (Wildman–Crippen MR) is 170 cm³/mol. The highest BCUT2D eigenvalue weighted by Crippen LogP contribution is 2.73. The lowest BCUT2D eigenvalue weighted by molar-refractivity contribution is -0.161. The normalized spacial score (nSPS) is 41.8. The summed E-state index contributed by atoms with van der Waals surface area (Å²) >= 11 is 0. The Morgan fingerprint density at radius 1 is 1.02 bits per heavy atom. The zero-order chi connectivity index (χ0) is 31.9. The van der Waals surface area contributed by atoms with Gasteiger partial charge in [-0.05, 0) is 90.1 Å². The summed E-state index contributed by atoms with van der Waals surface area (Å²) in [4.78, 5) is 28.0. The van der Waals surface area contributed by atoms with E-state index in [-0.39, 0.29) is 46.4 Å². The van der Waals surface area contributed by atoms with Gasteiger partial charge in [0.25, 0.3) is 0 Å². The van der Waals surface area contributed by atoms with Gasteiger partial charge in [0.2, 0.25) is 0 Å². The molecule has 0 heterocycles. The van der Waals surface area contributed by atoms with Crippen LogP contribution in [0.15, 0.2) is 53.6 Å². The van der Waals surface area contributed by atoms with Crippen LogP contribution in [0.25, 0.3) is 0 Å². The Hall–Kier alpha value is -2.91. The molecule has 1 aromatic rings. The van der Waals surface area contributed by atoms with Gasteiger partial charge in [0, 0.05) is 16.9 Å². The number of rotatable bonds is 3. The quantitative estimate of drug-likeness (QED) is 0.372. The van der Waals surface area contributed by atoms with E-state index in [2.05, 4.69) is 59.9 Å². The Labute approximate surface area is 263 Å². The van der Waals surface area contributed by atoms with Crippen molar-refractivity contribution >= 4 is 11.9 Å². The number of nitrogens with one attached hydrogen (secondary N) is 1. The van der Waals surface area contributed by atoms with Gasteiger partial charge in [-0.2, -0.15) is 5.26 Å². The molecule has 6 rings (SSSR count). The molecule has 236 valence electrons. The number of nitriles is 1. The van der Waals surface area contributed by atoms with Crippen LogP contribution in [0, 0.1) is 56.2 Å². The van der Waals surface area contributed by atoms with E-state index in [4.69, 9.17) is 4.74 Å². The summed E-state index contributed by atoms with van der Waals surface area (Å²) in [7, 11) is 0. The summed E-state index contributed by atoms with van der Waals surface area (Å²) in [5.74, 6) is 0.0492. The molecule has 3 fully saturated rings. The topological polar surface area (TPSA) is 99.4 Å². The first-order valence-electron chi connectivity index (χ1n) is 16.6. The molecule has 2 N–H and O–H groups in total. The first-order valence-corrected chi connectivity index (χ1v) is 16.6. The first-order chi connectivity index (χ1) is 20.5. The maximum atomic E-state index is 14.7. The molecule has 8 atom stereocenters. The third kappa shape index (κ3) is 4.36. The van der Waals surface area contributed by atoms with Gasteiger partial charge in [-0.25, -0.2) is 4.79 Å². The second-order valence-electron chi connectivity index (χ2n) is 16.8. The lowest BCUT2D eigenvalue weighted by Gasteiger charge is -2.69. The fourth-order valence-corrected chi connectivity index (χ4v) is 11.0. The highest BCUT2D eigenvalue weighted by atomic mass is 16.5. The maximum Gasteiger partial charge on any atom is 0.407 e. The van der Waals surface area contributed by atoms with E-state index < -0.39 is 28.6 Å². The summed E-state index contributed by atoms with van der Waals surface area (Å²) in [5, 5.41) is 24.6. The minimum Gasteiger partial charge on any atom is -0.445 e. The number of alkyl carbamates (subject to hydrolysis) is 1. The zero-order valence-corrected chi connectivity index (χ0v) is 27.6. The van der Waals surface area contributed by atoms with Crippen LogP contribution < -0.4 is 5.32 Å². The molecule has 44 heavy (non-hydrogen) atoms. The molecule has 6 nitrogen and oxygen atoms in total. The molecule has 0 aliphatic heterocycles. The largest absolute Gasteiger partial charge is 0.445 e. The van der Waals surface area contributed by atoms with Crippen LogP contribution in [-0.2, 0) is 16.1 Å². The van der Waals surface area contributed by atoms with E-state index >= 15 is 0 Å². The molecule has 3 saturated carbocycles. The fourth-order valence-electron chi connectivity index (χ4n) is 11.0. The lowest BCUT2D eigenvalue weighted by Crippen LogP contribution is -2.69. The van der Waals surface area contributed by atoms with Crippen LogP contribution in [0.5, 0.6) is 0 Å². The van der Waals surface area contributed by atoms with Crippen molar-refractivity contribution in [1.29, 1.82) is 5.26 Å². The van der Waals surface area contributed by atoms with Crippen molar-refractivity contribution in [1.82, 2.24) is 5.32 Å². The van der Waals surface area contributed by atoms with Crippen molar-refractivity contribution in [3.63, 3.8) is 0 Å². The number of aliphatic hydroxyl groups is 1. The van der Waals surface area contributed by atoms with Crippen LogP contribution in [0.1, 0.15) is 99.0 Å².